The molecule has 3 heterocycles. The summed E-state index contributed by atoms with van der Waals surface area (Å²) < 4.78 is 7.66. The molecule has 0 aromatic carbocycles. The SMILES string of the molecule is CCOC(=O)c1sc2ncn(C(CC)C(=O)Nc3c(C#N)cnn3C)c(=O)c2c1C. The van der Waals surface area contributed by atoms with Crippen LogP contribution in [0.25, 0.3) is 10.2 Å². The quantitative estimate of drug-likeness (QED) is 0.595. The molecule has 1 atom stereocenters. The number of rotatable bonds is 6. The summed E-state index contributed by atoms with van der Waals surface area (Å²) >= 11 is 1.09. The number of nitrogens with zero attached hydrogens (tertiary/aromatic N) is 5. The summed E-state index contributed by atoms with van der Waals surface area (Å²) in [6.45, 7) is 5.35. The van der Waals surface area contributed by atoms with E-state index in [-0.39, 0.29) is 23.4 Å². The highest BCUT2D eigenvalue weighted by Crippen LogP contribution is 2.28. The number of amides is 1. The number of thiophene rings is 1. The van der Waals surface area contributed by atoms with E-state index in [0.29, 0.717) is 21.7 Å². The van der Waals surface area contributed by atoms with Gasteiger partial charge in [0, 0.05) is 7.05 Å². The molecule has 11 heteroatoms. The maximum atomic E-state index is 13.2. The maximum Gasteiger partial charge on any atom is 0.348 e. The molecule has 1 unspecified atom stereocenters. The lowest BCUT2D eigenvalue weighted by Gasteiger charge is -2.17. The molecule has 1 amide bonds. The molecule has 0 aliphatic heterocycles. The molecular weight excluding hydrogens is 408 g/mol. The summed E-state index contributed by atoms with van der Waals surface area (Å²) in [5, 5.41) is 16.1. The highest BCUT2D eigenvalue weighted by molar-refractivity contribution is 7.20. The Morgan fingerprint density at radius 1 is 1.40 bits per heavy atom. The van der Waals surface area contributed by atoms with Gasteiger partial charge in [-0.3, -0.25) is 18.8 Å². The zero-order chi connectivity index (χ0) is 22.0. The number of nitriles is 1. The molecule has 0 bridgehead atoms. The monoisotopic (exact) mass is 428 g/mol. The largest absolute Gasteiger partial charge is 0.462 e. The van der Waals surface area contributed by atoms with Crippen LogP contribution in [-0.4, -0.2) is 37.8 Å². The molecule has 0 saturated heterocycles. The van der Waals surface area contributed by atoms with E-state index in [9.17, 15) is 19.6 Å². The lowest BCUT2D eigenvalue weighted by Crippen LogP contribution is -2.33. The molecule has 3 aromatic heterocycles. The first-order chi connectivity index (χ1) is 14.3. The Balaban J connectivity index is 2.02. The molecule has 1 N–H and O–H groups in total. The molecule has 0 fully saturated rings. The summed E-state index contributed by atoms with van der Waals surface area (Å²) in [5.41, 5.74) is 0.278. The Bertz CT molecular complexity index is 1230. The zero-order valence-electron chi connectivity index (χ0n) is 16.9. The minimum atomic E-state index is -0.860. The molecule has 156 valence electrons. The van der Waals surface area contributed by atoms with Crippen molar-refractivity contribution in [3.05, 3.63) is 38.9 Å². The summed E-state index contributed by atoms with van der Waals surface area (Å²) in [7, 11) is 1.60. The Morgan fingerprint density at radius 3 is 2.77 bits per heavy atom. The number of esters is 1. The van der Waals surface area contributed by atoms with Crippen molar-refractivity contribution >= 4 is 39.2 Å². The smallest absolute Gasteiger partial charge is 0.348 e. The predicted molar refractivity (Wildman–Crippen MR) is 110 cm³/mol. The first kappa shape index (κ1) is 21.2. The molecule has 3 rings (SSSR count). The van der Waals surface area contributed by atoms with Gasteiger partial charge in [0.2, 0.25) is 5.91 Å². The van der Waals surface area contributed by atoms with Crippen molar-refractivity contribution in [3.63, 3.8) is 0 Å². The topological polar surface area (TPSA) is 132 Å². The van der Waals surface area contributed by atoms with Gasteiger partial charge in [-0.2, -0.15) is 10.4 Å². The number of ether oxygens (including phenoxy) is 1. The Hall–Kier alpha value is -3.52. The van der Waals surface area contributed by atoms with Gasteiger partial charge in [0.05, 0.1) is 24.5 Å². The third-order valence-electron chi connectivity index (χ3n) is 4.66. The third kappa shape index (κ3) is 3.57. The van der Waals surface area contributed by atoms with Gasteiger partial charge < -0.3 is 10.1 Å². The molecule has 0 radical (unpaired) electrons. The lowest BCUT2D eigenvalue weighted by molar-refractivity contribution is -0.119. The number of carbonyl (C=O) groups excluding carboxylic acids is 2. The van der Waals surface area contributed by atoms with E-state index in [1.165, 1.54) is 21.8 Å². The van der Waals surface area contributed by atoms with Crippen LogP contribution < -0.4 is 10.9 Å². The number of aryl methyl sites for hydroxylation is 2. The van der Waals surface area contributed by atoms with E-state index in [2.05, 4.69) is 15.4 Å². The first-order valence-electron chi connectivity index (χ1n) is 9.24. The zero-order valence-corrected chi connectivity index (χ0v) is 17.7. The van der Waals surface area contributed by atoms with Gasteiger partial charge in [0.25, 0.3) is 5.56 Å². The van der Waals surface area contributed by atoms with Crippen molar-refractivity contribution < 1.29 is 14.3 Å². The lowest BCUT2D eigenvalue weighted by atomic mass is 10.1. The van der Waals surface area contributed by atoms with Gasteiger partial charge in [-0.25, -0.2) is 9.78 Å². The molecule has 0 spiro atoms. The van der Waals surface area contributed by atoms with Crippen molar-refractivity contribution in [2.75, 3.05) is 11.9 Å². The second kappa shape index (κ2) is 8.46. The Morgan fingerprint density at radius 2 is 2.13 bits per heavy atom. The third-order valence-corrected chi connectivity index (χ3v) is 5.84. The summed E-state index contributed by atoms with van der Waals surface area (Å²) in [6.07, 6.45) is 2.96. The number of hydrogen-bond acceptors (Lipinski definition) is 8. The second-order valence-electron chi connectivity index (χ2n) is 6.47. The van der Waals surface area contributed by atoms with Gasteiger partial charge >= 0.3 is 5.97 Å². The van der Waals surface area contributed by atoms with Crippen LogP contribution in [0.4, 0.5) is 5.82 Å². The highest BCUT2D eigenvalue weighted by atomic mass is 32.1. The number of fused-ring (bicyclic) bond motifs is 1. The van der Waals surface area contributed by atoms with E-state index in [1.807, 2.05) is 6.07 Å². The average Bonchev–Trinajstić information content (AvgIpc) is 3.24. The van der Waals surface area contributed by atoms with Gasteiger partial charge in [0.15, 0.2) is 0 Å². The van der Waals surface area contributed by atoms with Crippen LogP contribution in [0.3, 0.4) is 0 Å². The Kier molecular flexibility index (Phi) is 5.98. The van der Waals surface area contributed by atoms with Crippen molar-refractivity contribution in [3.8, 4) is 6.07 Å². The van der Waals surface area contributed by atoms with E-state index < -0.39 is 23.5 Å². The van der Waals surface area contributed by atoms with Crippen molar-refractivity contribution in [2.24, 2.45) is 7.05 Å². The summed E-state index contributed by atoms with van der Waals surface area (Å²) in [6, 6.07) is 1.10. The number of aromatic nitrogens is 4. The molecule has 0 saturated carbocycles. The maximum absolute atomic E-state index is 13.2. The van der Waals surface area contributed by atoms with Crippen LogP contribution in [0.2, 0.25) is 0 Å². The summed E-state index contributed by atoms with van der Waals surface area (Å²) in [5.74, 6) is -0.729. The molecule has 10 nitrogen and oxygen atoms in total. The highest BCUT2D eigenvalue weighted by Gasteiger charge is 2.26. The van der Waals surface area contributed by atoms with Crippen LogP contribution in [-0.2, 0) is 16.6 Å². The molecular formula is C19H20N6O4S. The predicted octanol–water partition coefficient (Wildman–Crippen LogP) is 2.14. The fourth-order valence-corrected chi connectivity index (χ4v) is 4.16. The van der Waals surface area contributed by atoms with E-state index in [1.54, 1.807) is 27.8 Å². The van der Waals surface area contributed by atoms with Gasteiger partial charge in [0.1, 0.15) is 33.2 Å². The van der Waals surface area contributed by atoms with Crippen LogP contribution >= 0.6 is 11.3 Å². The molecule has 3 aromatic rings. The van der Waals surface area contributed by atoms with E-state index in [0.717, 1.165) is 11.3 Å². The summed E-state index contributed by atoms with van der Waals surface area (Å²) in [4.78, 5) is 43.3. The minimum Gasteiger partial charge on any atom is -0.462 e. The van der Waals surface area contributed by atoms with Crippen molar-refractivity contribution in [2.45, 2.75) is 33.2 Å². The van der Waals surface area contributed by atoms with Crippen molar-refractivity contribution in [1.29, 1.82) is 5.26 Å². The van der Waals surface area contributed by atoms with Crippen molar-refractivity contribution in [1.82, 2.24) is 19.3 Å². The molecule has 0 aliphatic rings. The van der Waals surface area contributed by atoms with E-state index >= 15 is 0 Å². The second-order valence-corrected chi connectivity index (χ2v) is 7.47. The van der Waals surface area contributed by atoms with Crippen LogP contribution in [0, 0.1) is 18.3 Å². The number of carbonyl (C=O) groups is 2. The van der Waals surface area contributed by atoms with Crippen LogP contribution in [0.15, 0.2) is 17.3 Å². The number of nitrogens with one attached hydrogen (secondary N) is 1. The fourth-order valence-electron chi connectivity index (χ4n) is 3.13. The van der Waals surface area contributed by atoms with Gasteiger partial charge in [-0.05, 0) is 25.8 Å². The van der Waals surface area contributed by atoms with E-state index in [4.69, 9.17) is 4.74 Å². The van der Waals surface area contributed by atoms with Crippen LogP contribution in [0.1, 0.15) is 47.1 Å². The normalized spacial score (nSPS) is 11.8. The molecule has 30 heavy (non-hydrogen) atoms. The number of anilines is 1. The van der Waals surface area contributed by atoms with Crippen LogP contribution in [0.5, 0.6) is 0 Å². The minimum absolute atomic E-state index is 0.217. The molecule has 0 aliphatic carbocycles. The first-order valence-corrected chi connectivity index (χ1v) is 10.1. The average molecular weight is 428 g/mol. The Labute approximate surface area is 175 Å². The van der Waals surface area contributed by atoms with Gasteiger partial charge in [-0.1, -0.05) is 6.92 Å². The number of hydrogen-bond donors (Lipinski definition) is 1. The van der Waals surface area contributed by atoms with Gasteiger partial charge in [-0.15, -0.1) is 11.3 Å². The fraction of sp³-hybridized carbons (Fsp3) is 0.368. The standard InChI is InChI=1S/C19H20N6O4S/c1-5-12(16(26)23-15-11(7-20)8-22-24(15)4)25-9-21-17-13(18(25)27)10(3)14(30-17)19(28)29-6-2/h8-9,12H,5-6H2,1-4H3,(H,23,26).